The minimum Gasteiger partial charge on any atom is -0.490 e. The molecule has 0 saturated carbocycles. The van der Waals surface area contributed by atoms with E-state index in [4.69, 9.17) is 32.7 Å². The molecule has 0 fully saturated rings. The summed E-state index contributed by atoms with van der Waals surface area (Å²) in [5.74, 6) is 1.01. The molecule has 0 amide bonds. The fraction of sp³-hybridized carbons (Fsp3) is 0.250. The highest BCUT2D eigenvalue weighted by Gasteiger charge is 2.11. The van der Waals surface area contributed by atoms with Gasteiger partial charge >= 0.3 is 0 Å². The fourth-order valence-electron chi connectivity index (χ4n) is 1.46. The Morgan fingerprint density at radius 1 is 1.00 bits per heavy atom. The molecule has 7 heteroatoms. The van der Waals surface area contributed by atoms with Crippen LogP contribution in [0.1, 0.15) is 0 Å². The minimum absolute atomic E-state index is 0.0432. The highest BCUT2D eigenvalue weighted by molar-refractivity contribution is 6.31. The van der Waals surface area contributed by atoms with Crippen LogP contribution in [-0.2, 0) is 4.74 Å². The van der Waals surface area contributed by atoms with E-state index in [1.807, 2.05) is 24.3 Å². The zero-order valence-corrected chi connectivity index (χ0v) is 11.6. The second-order valence-electron chi connectivity index (χ2n) is 3.53. The van der Waals surface area contributed by atoms with Crippen molar-refractivity contribution in [3.63, 3.8) is 0 Å². The molecule has 5 nitrogen and oxygen atoms in total. The standard InChI is InChI=1S/C12H11Cl2N3O2/c1-18-6-7-19-9-5-3-2-4-8(9)10-15-11(13)17-12(14)16-10/h2-5H,6-7H2,1H3. The molecule has 0 N–H and O–H groups in total. The smallest absolute Gasteiger partial charge is 0.227 e. The summed E-state index contributed by atoms with van der Waals surface area (Å²) < 4.78 is 10.5. The number of benzene rings is 1. The molecular weight excluding hydrogens is 289 g/mol. The van der Waals surface area contributed by atoms with Crippen LogP contribution in [0.5, 0.6) is 5.75 Å². The van der Waals surface area contributed by atoms with Crippen LogP contribution in [0.3, 0.4) is 0 Å². The normalized spacial score (nSPS) is 10.5. The number of hydrogen-bond donors (Lipinski definition) is 0. The van der Waals surface area contributed by atoms with Gasteiger partial charge in [0.1, 0.15) is 12.4 Å². The van der Waals surface area contributed by atoms with Crippen molar-refractivity contribution < 1.29 is 9.47 Å². The zero-order valence-electron chi connectivity index (χ0n) is 10.1. The molecule has 0 saturated heterocycles. The zero-order chi connectivity index (χ0) is 13.7. The molecule has 100 valence electrons. The Morgan fingerprint density at radius 3 is 2.37 bits per heavy atom. The Bertz CT molecular complexity index is 546. The molecule has 0 spiro atoms. The lowest BCUT2D eigenvalue weighted by molar-refractivity contribution is 0.146. The van der Waals surface area contributed by atoms with Crippen LogP contribution in [-0.4, -0.2) is 35.3 Å². The Labute approximate surface area is 120 Å². The van der Waals surface area contributed by atoms with Crippen molar-refractivity contribution in [3.8, 4) is 17.1 Å². The Kier molecular flexibility index (Phi) is 4.90. The van der Waals surface area contributed by atoms with Crippen molar-refractivity contribution in [3.05, 3.63) is 34.8 Å². The Balaban J connectivity index is 2.32. The maximum absolute atomic E-state index is 5.77. The average Bonchev–Trinajstić information content (AvgIpc) is 2.38. The molecule has 0 unspecified atom stereocenters. The molecule has 0 radical (unpaired) electrons. The second-order valence-corrected chi connectivity index (χ2v) is 4.21. The van der Waals surface area contributed by atoms with Gasteiger partial charge in [-0.3, -0.25) is 0 Å². The molecule has 2 rings (SSSR count). The number of methoxy groups -OCH3 is 1. The van der Waals surface area contributed by atoms with E-state index < -0.39 is 0 Å². The first-order chi connectivity index (χ1) is 9.20. The molecule has 2 aromatic rings. The van der Waals surface area contributed by atoms with Gasteiger partial charge in [0.05, 0.1) is 12.2 Å². The highest BCUT2D eigenvalue weighted by Crippen LogP contribution is 2.28. The summed E-state index contributed by atoms with van der Waals surface area (Å²) in [6, 6.07) is 7.35. The minimum atomic E-state index is 0.0432. The van der Waals surface area contributed by atoms with E-state index in [0.29, 0.717) is 30.4 Å². The fourth-order valence-corrected chi connectivity index (χ4v) is 1.82. The van der Waals surface area contributed by atoms with Gasteiger partial charge in [-0.05, 0) is 35.3 Å². The predicted octanol–water partition coefficient (Wildman–Crippen LogP) is 2.87. The number of hydrogen-bond acceptors (Lipinski definition) is 5. The van der Waals surface area contributed by atoms with Gasteiger partial charge < -0.3 is 9.47 Å². The summed E-state index contributed by atoms with van der Waals surface area (Å²) in [7, 11) is 1.61. The molecule has 1 aromatic carbocycles. The third-order valence-electron chi connectivity index (χ3n) is 2.25. The molecule has 19 heavy (non-hydrogen) atoms. The van der Waals surface area contributed by atoms with E-state index in [0.717, 1.165) is 0 Å². The van der Waals surface area contributed by atoms with Crippen molar-refractivity contribution in [1.29, 1.82) is 0 Å². The lowest BCUT2D eigenvalue weighted by Crippen LogP contribution is -2.05. The van der Waals surface area contributed by atoms with E-state index in [9.17, 15) is 0 Å². The van der Waals surface area contributed by atoms with Crippen LogP contribution in [0.4, 0.5) is 0 Å². The first-order valence-electron chi connectivity index (χ1n) is 5.49. The van der Waals surface area contributed by atoms with Gasteiger partial charge in [0, 0.05) is 7.11 Å². The predicted molar refractivity (Wildman–Crippen MR) is 72.7 cm³/mol. The summed E-state index contributed by atoms with van der Waals surface area (Å²) in [4.78, 5) is 11.8. The van der Waals surface area contributed by atoms with Crippen molar-refractivity contribution >= 4 is 23.2 Å². The van der Waals surface area contributed by atoms with E-state index >= 15 is 0 Å². The maximum Gasteiger partial charge on any atom is 0.227 e. The highest BCUT2D eigenvalue weighted by atomic mass is 35.5. The number of halogens is 2. The molecule has 0 bridgehead atoms. The van der Waals surface area contributed by atoms with Gasteiger partial charge in [0.2, 0.25) is 10.6 Å². The third-order valence-corrected chi connectivity index (χ3v) is 2.59. The third kappa shape index (κ3) is 3.76. The van der Waals surface area contributed by atoms with Crippen LogP contribution in [0.15, 0.2) is 24.3 Å². The van der Waals surface area contributed by atoms with Crippen molar-refractivity contribution in [2.75, 3.05) is 20.3 Å². The van der Waals surface area contributed by atoms with E-state index in [1.165, 1.54) is 0 Å². The number of nitrogens with zero attached hydrogens (tertiary/aromatic N) is 3. The van der Waals surface area contributed by atoms with Crippen LogP contribution in [0, 0.1) is 0 Å². The van der Waals surface area contributed by atoms with Crippen molar-refractivity contribution in [2.45, 2.75) is 0 Å². The van der Waals surface area contributed by atoms with Crippen LogP contribution in [0.25, 0.3) is 11.4 Å². The molecule has 1 heterocycles. The van der Waals surface area contributed by atoms with E-state index in [-0.39, 0.29) is 10.6 Å². The largest absolute Gasteiger partial charge is 0.490 e. The average molecular weight is 300 g/mol. The van der Waals surface area contributed by atoms with Gasteiger partial charge in [-0.25, -0.2) is 0 Å². The first-order valence-corrected chi connectivity index (χ1v) is 6.24. The molecule has 1 aromatic heterocycles. The topological polar surface area (TPSA) is 57.1 Å². The Hall–Kier alpha value is -1.43. The van der Waals surface area contributed by atoms with E-state index in [2.05, 4.69) is 15.0 Å². The number of rotatable bonds is 5. The summed E-state index contributed by atoms with van der Waals surface area (Å²) in [6.45, 7) is 0.924. The van der Waals surface area contributed by atoms with Crippen molar-refractivity contribution in [2.24, 2.45) is 0 Å². The summed E-state index contributed by atoms with van der Waals surface area (Å²) >= 11 is 11.5. The molecular formula is C12H11Cl2N3O2. The SMILES string of the molecule is COCCOc1ccccc1-c1nc(Cl)nc(Cl)n1. The lowest BCUT2D eigenvalue weighted by atomic mass is 10.2. The quantitative estimate of drug-likeness (QED) is 0.795. The number of para-hydroxylation sites is 1. The van der Waals surface area contributed by atoms with Crippen LogP contribution in [0.2, 0.25) is 10.6 Å². The van der Waals surface area contributed by atoms with Gasteiger partial charge in [-0.15, -0.1) is 0 Å². The lowest BCUT2D eigenvalue weighted by Gasteiger charge is -2.10. The van der Waals surface area contributed by atoms with Gasteiger partial charge in [0.15, 0.2) is 5.82 Å². The molecule has 0 atom stereocenters. The number of ether oxygens (including phenoxy) is 2. The monoisotopic (exact) mass is 299 g/mol. The van der Waals surface area contributed by atoms with Gasteiger partial charge in [0.25, 0.3) is 0 Å². The van der Waals surface area contributed by atoms with Crippen LogP contribution < -0.4 is 4.74 Å². The number of aromatic nitrogens is 3. The summed E-state index contributed by atoms with van der Waals surface area (Å²) in [5, 5.41) is 0.0865. The molecule has 0 aliphatic carbocycles. The summed E-state index contributed by atoms with van der Waals surface area (Å²) in [5.41, 5.74) is 0.699. The van der Waals surface area contributed by atoms with Gasteiger partial charge in [-0.1, -0.05) is 12.1 Å². The maximum atomic E-state index is 5.77. The van der Waals surface area contributed by atoms with Gasteiger partial charge in [-0.2, -0.15) is 15.0 Å². The van der Waals surface area contributed by atoms with Crippen molar-refractivity contribution in [1.82, 2.24) is 15.0 Å². The molecule has 0 aliphatic rings. The second kappa shape index (κ2) is 6.65. The van der Waals surface area contributed by atoms with E-state index in [1.54, 1.807) is 7.11 Å². The Morgan fingerprint density at radius 2 is 1.68 bits per heavy atom. The first kappa shape index (κ1) is 14.0. The molecule has 0 aliphatic heterocycles. The summed E-state index contributed by atoms with van der Waals surface area (Å²) in [6.07, 6.45) is 0. The van der Waals surface area contributed by atoms with Crippen LogP contribution >= 0.6 is 23.2 Å².